The smallest absolute Gasteiger partial charge is 0.186 e. The van der Waals surface area contributed by atoms with Crippen molar-refractivity contribution in [3.05, 3.63) is 0 Å². The van der Waals surface area contributed by atoms with Gasteiger partial charge in [-0.05, 0) is 6.92 Å². The summed E-state index contributed by atoms with van der Waals surface area (Å²) in [5.41, 5.74) is 5.21. The van der Waals surface area contributed by atoms with Gasteiger partial charge in [0, 0.05) is 6.54 Å². The topological polar surface area (TPSA) is 105 Å². The van der Waals surface area contributed by atoms with E-state index in [1.54, 1.807) is 6.92 Å². The Balaban J connectivity index is 0.00000196. The predicted octanol–water partition coefficient (Wildman–Crippen LogP) is -1.63. The van der Waals surface area contributed by atoms with Crippen LogP contribution in [0.5, 0.6) is 0 Å². The zero-order valence-corrected chi connectivity index (χ0v) is 10.2. The highest BCUT2D eigenvalue weighted by Crippen LogP contribution is 2.21. The molecule has 0 spiro atoms. The van der Waals surface area contributed by atoms with Crippen molar-refractivity contribution >= 4 is 17.0 Å². The summed E-state index contributed by atoms with van der Waals surface area (Å²) in [6.07, 6.45) is -5.08. The van der Waals surface area contributed by atoms with E-state index >= 15 is 0 Å². The van der Waals surface area contributed by atoms with Crippen LogP contribution >= 0.6 is 17.0 Å². The maximum atomic E-state index is 9.45. The van der Waals surface area contributed by atoms with E-state index in [0.29, 0.717) is 6.54 Å². The van der Waals surface area contributed by atoms with Crippen molar-refractivity contribution in [3.8, 4) is 0 Å². The number of aliphatic hydroxyl groups is 3. The molecule has 0 unspecified atom stereocenters. The Bertz CT molecular complexity index is 184. The standard InChI is InChI=1S/C8H17NO5.BrH/c1-4-5(10)6(11)7(12)8(14-4)13-3-2-9;/h4-8,10-12H,2-3,9H2,1H3;1H/t4-,5+,6+,7-,8+;/m0./s1. The maximum Gasteiger partial charge on any atom is 0.186 e. The minimum Gasteiger partial charge on any atom is -0.388 e. The van der Waals surface area contributed by atoms with Crippen molar-refractivity contribution in [1.82, 2.24) is 0 Å². The Morgan fingerprint density at radius 1 is 1.20 bits per heavy atom. The zero-order chi connectivity index (χ0) is 10.7. The van der Waals surface area contributed by atoms with Gasteiger partial charge in [0.1, 0.15) is 18.3 Å². The first-order valence-electron chi connectivity index (χ1n) is 4.59. The molecule has 0 aromatic carbocycles. The summed E-state index contributed by atoms with van der Waals surface area (Å²) in [7, 11) is 0. The van der Waals surface area contributed by atoms with Gasteiger partial charge in [0.15, 0.2) is 6.29 Å². The van der Waals surface area contributed by atoms with Crippen molar-refractivity contribution in [3.63, 3.8) is 0 Å². The third-order valence-corrected chi connectivity index (χ3v) is 2.21. The van der Waals surface area contributed by atoms with E-state index in [9.17, 15) is 15.3 Å². The highest BCUT2D eigenvalue weighted by Gasteiger charge is 2.42. The molecule has 15 heavy (non-hydrogen) atoms. The first-order chi connectivity index (χ1) is 6.57. The van der Waals surface area contributed by atoms with Gasteiger partial charge in [-0.3, -0.25) is 0 Å². The summed E-state index contributed by atoms with van der Waals surface area (Å²) >= 11 is 0. The van der Waals surface area contributed by atoms with Crippen LogP contribution in [-0.2, 0) is 9.47 Å². The van der Waals surface area contributed by atoms with E-state index in [2.05, 4.69) is 0 Å². The minimum absolute atomic E-state index is 0. The fourth-order valence-corrected chi connectivity index (χ4v) is 1.34. The molecule has 5 N–H and O–H groups in total. The molecular weight excluding hydrogens is 270 g/mol. The molecule has 92 valence electrons. The van der Waals surface area contributed by atoms with Crippen molar-refractivity contribution in [2.45, 2.75) is 37.6 Å². The summed E-state index contributed by atoms with van der Waals surface area (Å²) in [6, 6.07) is 0. The lowest BCUT2D eigenvalue weighted by atomic mass is 10.0. The largest absolute Gasteiger partial charge is 0.388 e. The molecule has 0 radical (unpaired) electrons. The van der Waals surface area contributed by atoms with Crippen LogP contribution in [0.4, 0.5) is 0 Å². The number of nitrogens with two attached hydrogens (primary N) is 1. The predicted molar refractivity (Wildman–Crippen MR) is 57.7 cm³/mol. The molecule has 6 nitrogen and oxygen atoms in total. The molecule has 1 fully saturated rings. The van der Waals surface area contributed by atoms with Gasteiger partial charge in [0.25, 0.3) is 0 Å². The Kier molecular flexibility index (Phi) is 6.85. The highest BCUT2D eigenvalue weighted by molar-refractivity contribution is 8.93. The van der Waals surface area contributed by atoms with E-state index < -0.39 is 30.7 Å². The Labute approximate surface area is 98.8 Å². The molecule has 5 atom stereocenters. The second kappa shape index (κ2) is 6.74. The number of ether oxygens (including phenoxy) is 2. The molecule has 1 saturated heterocycles. The SMILES string of the molecule is Br.C[C@@H]1O[C@@H](OCCN)[C@@H](O)[C@H](O)[C@@H]1O. The summed E-state index contributed by atoms with van der Waals surface area (Å²) < 4.78 is 10.2. The molecule has 1 aliphatic heterocycles. The van der Waals surface area contributed by atoms with Crippen LogP contribution in [0.15, 0.2) is 0 Å². The average Bonchev–Trinajstić information content (AvgIpc) is 2.18. The van der Waals surface area contributed by atoms with Crippen LogP contribution in [0.25, 0.3) is 0 Å². The van der Waals surface area contributed by atoms with Gasteiger partial charge < -0.3 is 30.5 Å². The second-order valence-corrected chi connectivity index (χ2v) is 3.34. The molecule has 0 aromatic rings. The van der Waals surface area contributed by atoms with Crippen molar-refractivity contribution in [2.24, 2.45) is 5.73 Å². The van der Waals surface area contributed by atoms with Crippen molar-refractivity contribution in [1.29, 1.82) is 0 Å². The number of halogens is 1. The van der Waals surface area contributed by atoms with Gasteiger partial charge in [0.2, 0.25) is 0 Å². The van der Waals surface area contributed by atoms with Gasteiger partial charge in [-0.15, -0.1) is 17.0 Å². The summed E-state index contributed by atoms with van der Waals surface area (Å²) in [6.45, 7) is 2.13. The van der Waals surface area contributed by atoms with Gasteiger partial charge >= 0.3 is 0 Å². The molecule has 1 aliphatic rings. The Morgan fingerprint density at radius 2 is 1.80 bits per heavy atom. The van der Waals surface area contributed by atoms with Crippen LogP contribution in [0.3, 0.4) is 0 Å². The molecule has 1 rings (SSSR count). The van der Waals surface area contributed by atoms with Crippen LogP contribution < -0.4 is 5.73 Å². The summed E-state index contributed by atoms with van der Waals surface area (Å²) in [5.74, 6) is 0. The lowest BCUT2D eigenvalue weighted by molar-refractivity contribution is -0.292. The zero-order valence-electron chi connectivity index (χ0n) is 8.44. The van der Waals surface area contributed by atoms with Crippen LogP contribution in [0, 0.1) is 0 Å². The summed E-state index contributed by atoms with van der Waals surface area (Å²) in [5, 5.41) is 28.2. The van der Waals surface area contributed by atoms with E-state index in [4.69, 9.17) is 15.2 Å². The molecule has 7 heteroatoms. The first kappa shape index (κ1) is 15.2. The van der Waals surface area contributed by atoms with Crippen LogP contribution in [0.1, 0.15) is 6.92 Å². The lowest BCUT2D eigenvalue weighted by Crippen LogP contribution is -2.57. The number of aliphatic hydroxyl groups excluding tert-OH is 3. The third-order valence-electron chi connectivity index (χ3n) is 2.21. The van der Waals surface area contributed by atoms with Crippen molar-refractivity contribution in [2.75, 3.05) is 13.2 Å². The third kappa shape index (κ3) is 3.63. The molecule has 0 aromatic heterocycles. The Morgan fingerprint density at radius 3 is 2.33 bits per heavy atom. The number of hydrogen-bond donors (Lipinski definition) is 4. The van der Waals surface area contributed by atoms with E-state index in [1.165, 1.54) is 0 Å². The van der Waals surface area contributed by atoms with Crippen LogP contribution in [0.2, 0.25) is 0 Å². The van der Waals surface area contributed by atoms with E-state index in [0.717, 1.165) is 0 Å². The molecule has 0 aliphatic carbocycles. The molecule has 0 saturated carbocycles. The maximum absolute atomic E-state index is 9.45. The van der Waals surface area contributed by atoms with Gasteiger partial charge in [0.05, 0.1) is 12.7 Å². The van der Waals surface area contributed by atoms with E-state index in [1.807, 2.05) is 0 Å². The van der Waals surface area contributed by atoms with Crippen molar-refractivity contribution < 1.29 is 24.8 Å². The quantitative estimate of drug-likeness (QED) is 0.497. The highest BCUT2D eigenvalue weighted by atomic mass is 79.9. The van der Waals surface area contributed by atoms with Gasteiger partial charge in [-0.25, -0.2) is 0 Å². The van der Waals surface area contributed by atoms with Crippen LogP contribution in [-0.4, -0.2) is 59.2 Å². The van der Waals surface area contributed by atoms with Gasteiger partial charge in [-0.2, -0.15) is 0 Å². The molecule has 0 amide bonds. The van der Waals surface area contributed by atoms with E-state index in [-0.39, 0.29) is 23.6 Å². The molecular formula is C8H18BrNO5. The fourth-order valence-electron chi connectivity index (χ4n) is 1.34. The first-order valence-corrected chi connectivity index (χ1v) is 4.59. The normalized spacial score (nSPS) is 41.0. The Hall–Kier alpha value is 0.240. The second-order valence-electron chi connectivity index (χ2n) is 3.34. The number of hydrogen-bond acceptors (Lipinski definition) is 6. The molecule has 1 heterocycles. The summed E-state index contributed by atoms with van der Waals surface area (Å²) in [4.78, 5) is 0. The molecule has 0 bridgehead atoms. The fraction of sp³-hybridized carbons (Fsp3) is 1.00. The van der Waals surface area contributed by atoms with Gasteiger partial charge in [-0.1, -0.05) is 0 Å². The number of rotatable bonds is 3. The average molecular weight is 288 g/mol. The minimum atomic E-state index is -1.25. The monoisotopic (exact) mass is 287 g/mol. The lowest BCUT2D eigenvalue weighted by Gasteiger charge is -2.38.